The van der Waals surface area contributed by atoms with Crippen LogP contribution < -0.4 is 5.32 Å². The normalized spacial score (nSPS) is 11.4. The average molecular weight is 477 g/mol. The number of anilines is 1. The average Bonchev–Trinajstić information content (AvgIpc) is 2.73. The lowest BCUT2D eigenvalue weighted by Crippen LogP contribution is -2.13. The third-order valence-electron chi connectivity index (χ3n) is 2.37. The summed E-state index contributed by atoms with van der Waals surface area (Å²) in [6, 6.07) is 4.91. The van der Waals surface area contributed by atoms with E-state index in [2.05, 4.69) is 10.3 Å². The Morgan fingerprint density at radius 2 is 2.10 bits per heavy atom. The second-order valence-electron chi connectivity index (χ2n) is 3.91. The minimum atomic E-state index is -3.87. The number of hydrogen-bond donors (Lipinski definition) is 1. The predicted octanol–water partition coefficient (Wildman–Crippen LogP) is 3.89. The number of amides is 1. The molecule has 1 aromatic heterocycles. The molecule has 10 heteroatoms. The summed E-state index contributed by atoms with van der Waals surface area (Å²) in [5.74, 6) is -0.422. The maximum Gasteiger partial charge on any atom is 0.272 e. The number of benzene rings is 1. The molecule has 21 heavy (non-hydrogen) atoms. The van der Waals surface area contributed by atoms with Gasteiger partial charge in [-0.3, -0.25) is 10.1 Å². The molecule has 0 aliphatic carbocycles. The van der Waals surface area contributed by atoms with Crippen LogP contribution in [-0.4, -0.2) is 19.3 Å². The van der Waals surface area contributed by atoms with Crippen molar-refractivity contribution in [1.29, 1.82) is 0 Å². The smallest absolute Gasteiger partial charge is 0.272 e. The Morgan fingerprint density at radius 1 is 1.43 bits per heavy atom. The Bertz CT molecular complexity index is 821. The van der Waals surface area contributed by atoms with Gasteiger partial charge in [0.2, 0.25) is 0 Å². The highest BCUT2D eigenvalue weighted by atomic mass is 127. The van der Waals surface area contributed by atoms with Crippen molar-refractivity contribution in [3.05, 3.63) is 38.0 Å². The number of nitrogens with one attached hydrogen (secondary N) is 1. The zero-order valence-electron chi connectivity index (χ0n) is 10.4. The van der Waals surface area contributed by atoms with E-state index in [4.69, 9.17) is 22.3 Å². The zero-order valence-corrected chi connectivity index (χ0v) is 15.7. The van der Waals surface area contributed by atoms with E-state index < -0.39 is 15.0 Å². The van der Waals surface area contributed by atoms with E-state index in [1.54, 1.807) is 12.1 Å². The lowest BCUT2D eigenvalue weighted by Gasteiger charge is -2.04. The lowest BCUT2D eigenvalue weighted by molar-refractivity contribution is 0.102. The number of aryl methyl sites for hydroxylation is 1. The topological polar surface area (TPSA) is 76.1 Å². The standard InChI is InChI=1S/C11H7Cl2IN2O3S2/c1-5-10(21(13,18)19)20-11(15-5)16-9(17)7-4-6(12)2-3-8(7)14/h2-4H,1H3,(H,15,16,17). The minimum absolute atomic E-state index is 0.0831. The molecule has 0 saturated heterocycles. The van der Waals surface area contributed by atoms with E-state index in [0.717, 1.165) is 11.3 Å². The van der Waals surface area contributed by atoms with Crippen LogP contribution in [0.15, 0.2) is 22.4 Å². The van der Waals surface area contributed by atoms with Crippen LogP contribution >= 0.6 is 56.2 Å². The molecular weight excluding hydrogens is 470 g/mol. The SMILES string of the molecule is Cc1nc(NC(=O)c2cc(Cl)ccc2I)sc1S(=O)(=O)Cl. The fourth-order valence-corrected chi connectivity index (χ4v) is 4.60. The highest BCUT2D eigenvalue weighted by molar-refractivity contribution is 14.1. The highest BCUT2D eigenvalue weighted by Crippen LogP contribution is 2.30. The van der Waals surface area contributed by atoms with Crippen LogP contribution in [0.1, 0.15) is 16.1 Å². The van der Waals surface area contributed by atoms with Crippen molar-refractivity contribution in [3.63, 3.8) is 0 Å². The fourth-order valence-electron chi connectivity index (χ4n) is 1.50. The highest BCUT2D eigenvalue weighted by Gasteiger charge is 2.21. The molecule has 0 spiro atoms. The van der Waals surface area contributed by atoms with Crippen LogP contribution in [0.5, 0.6) is 0 Å². The molecular formula is C11H7Cl2IN2O3S2. The summed E-state index contributed by atoms with van der Waals surface area (Å²) in [6.07, 6.45) is 0. The molecule has 0 aliphatic heterocycles. The third kappa shape index (κ3) is 4.07. The third-order valence-corrected chi connectivity index (χ3v) is 6.80. The van der Waals surface area contributed by atoms with Crippen molar-refractivity contribution in [2.75, 3.05) is 5.32 Å². The first-order chi connectivity index (χ1) is 9.68. The Hall–Kier alpha value is -0.420. The predicted molar refractivity (Wildman–Crippen MR) is 92.0 cm³/mol. The largest absolute Gasteiger partial charge is 0.298 e. The Morgan fingerprint density at radius 3 is 2.67 bits per heavy atom. The van der Waals surface area contributed by atoms with Gasteiger partial charge in [-0.2, -0.15) is 0 Å². The number of aromatic nitrogens is 1. The van der Waals surface area contributed by atoms with E-state index in [-0.39, 0.29) is 15.0 Å². The first-order valence-electron chi connectivity index (χ1n) is 5.37. The molecule has 0 saturated carbocycles. The summed E-state index contributed by atoms with van der Waals surface area (Å²) < 4.78 is 23.3. The van der Waals surface area contributed by atoms with Crippen LogP contribution in [0, 0.1) is 10.5 Å². The monoisotopic (exact) mass is 476 g/mol. The zero-order chi connectivity index (χ0) is 15.8. The van der Waals surface area contributed by atoms with Gasteiger partial charge >= 0.3 is 0 Å². The molecule has 112 valence electrons. The Labute approximate surface area is 148 Å². The maximum atomic E-state index is 12.2. The number of rotatable bonds is 3. The summed E-state index contributed by atoms with van der Waals surface area (Å²) >= 11 is 8.67. The van der Waals surface area contributed by atoms with Crippen LogP contribution in [0.25, 0.3) is 0 Å². The van der Waals surface area contributed by atoms with Crippen molar-refractivity contribution < 1.29 is 13.2 Å². The molecule has 0 atom stereocenters. The molecule has 2 rings (SSSR count). The molecule has 1 amide bonds. The van der Waals surface area contributed by atoms with Crippen LogP contribution in [-0.2, 0) is 9.05 Å². The van der Waals surface area contributed by atoms with Crippen molar-refractivity contribution in [1.82, 2.24) is 4.98 Å². The van der Waals surface area contributed by atoms with Gasteiger partial charge < -0.3 is 0 Å². The van der Waals surface area contributed by atoms with Gasteiger partial charge in [0.05, 0.1) is 11.3 Å². The summed E-state index contributed by atoms with van der Waals surface area (Å²) in [7, 11) is 1.41. The quantitative estimate of drug-likeness (QED) is 0.538. The van der Waals surface area contributed by atoms with E-state index in [1.807, 2.05) is 22.6 Å². The van der Waals surface area contributed by atoms with Crippen molar-refractivity contribution >= 4 is 76.3 Å². The second-order valence-corrected chi connectivity index (χ2v) is 9.27. The van der Waals surface area contributed by atoms with Gasteiger partial charge in [0, 0.05) is 19.3 Å². The Kier molecular flexibility index (Phi) is 5.14. The van der Waals surface area contributed by atoms with Crippen molar-refractivity contribution in [3.8, 4) is 0 Å². The minimum Gasteiger partial charge on any atom is -0.298 e. The van der Waals surface area contributed by atoms with Crippen molar-refractivity contribution in [2.24, 2.45) is 0 Å². The molecule has 1 N–H and O–H groups in total. The number of thiazole rings is 1. The molecule has 2 aromatic rings. The summed E-state index contributed by atoms with van der Waals surface area (Å²) in [4.78, 5) is 16.1. The van der Waals surface area contributed by atoms with Gasteiger partial charge in [0.25, 0.3) is 15.0 Å². The van der Waals surface area contributed by atoms with Crippen LogP contribution in [0.3, 0.4) is 0 Å². The number of carbonyl (C=O) groups is 1. The van der Waals surface area contributed by atoms with Gasteiger partial charge in [-0.05, 0) is 47.7 Å². The lowest BCUT2D eigenvalue weighted by atomic mass is 10.2. The van der Waals surface area contributed by atoms with Gasteiger partial charge in [-0.15, -0.1) is 0 Å². The van der Waals surface area contributed by atoms with E-state index in [1.165, 1.54) is 13.0 Å². The van der Waals surface area contributed by atoms with Gasteiger partial charge in [0.1, 0.15) is 0 Å². The molecule has 5 nitrogen and oxygen atoms in total. The van der Waals surface area contributed by atoms with E-state index in [0.29, 0.717) is 14.2 Å². The first kappa shape index (κ1) is 16.9. The fraction of sp³-hybridized carbons (Fsp3) is 0.0909. The molecule has 0 fully saturated rings. The van der Waals surface area contributed by atoms with Gasteiger partial charge in [0.15, 0.2) is 9.34 Å². The first-order valence-corrected chi connectivity index (χ1v) is 9.95. The van der Waals surface area contributed by atoms with Crippen molar-refractivity contribution in [2.45, 2.75) is 11.1 Å². The van der Waals surface area contributed by atoms with E-state index >= 15 is 0 Å². The molecule has 0 unspecified atom stereocenters. The summed E-state index contributed by atoms with van der Waals surface area (Å²) in [5, 5.41) is 3.13. The number of nitrogens with zero attached hydrogens (tertiary/aromatic N) is 1. The van der Waals surface area contributed by atoms with Crippen LogP contribution in [0.4, 0.5) is 5.13 Å². The molecule has 0 bridgehead atoms. The number of carbonyl (C=O) groups excluding carboxylic acids is 1. The molecule has 1 heterocycles. The molecule has 0 radical (unpaired) electrons. The van der Waals surface area contributed by atoms with Crippen LogP contribution in [0.2, 0.25) is 5.02 Å². The number of hydrogen-bond acceptors (Lipinski definition) is 5. The Balaban J connectivity index is 2.30. The second kappa shape index (κ2) is 6.37. The van der Waals surface area contributed by atoms with Gasteiger partial charge in [-0.25, -0.2) is 13.4 Å². The van der Waals surface area contributed by atoms with E-state index in [9.17, 15) is 13.2 Å². The molecule has 1 aromatic carbocycles. The molecule has 0 aliphatic rings. The summed E-state index contributed by atoms with van der Waals surface area (Å²) in [5.41, 5.74) is 0.623. The van der Waals surface area contributed by atoms with Gasteiger partial charge in [-0.1, -0.05) is 22.9 Å². The maximum absolute atomic E-state index is 12.2. The number of halogens is 3. The summed E-state index contributed by atoms with van der Waals surface area (Å²) in [6.45, 7) is 1.50.